The summed E-state index contributed by atoms with van der Waals surface area (Å²) < 4.78 is 0. The summed E-state index contributed by atoms with van der Waals surface area (Å²) >= 11 is 0. The average Bonchev–Trinajstić information content (AvgIpc) is 2.16. The molecule has 0 spiro atoms. The van der Waals surface area contributed by atoms with Crippen molar-refractivity contribution in [3.63, 3.8) is 0 Å². The summed E-state index contributed by atoms with van der Waals surface area (Å²) in [6, 6.07) is -0.503. The van der Waals surface area contributed by atoms with Crippen LogP contribution in [0.15, 0.2) is 0 Å². The molecule has 2 amide bonds. The van der Waals surface area contributed by atoms with Gasteiger partial charge in [0.25, 0.3) is 5.91 Å². The van der Waals surface area contributed by atoms with Crippen molar-refractivity contribution in [1.29, 1.82) is 0 Å². The van der Waals surface area contributed by atoms with Crippen molar-refractivity contribution < 1.29 is 9.59 Å². The lowest BCUT2D eigenvalue weighted by Gasteiger charge is -2.31. The van der Waals surface area contributed by atoms with Crippen molar-refractivity contribution in [3.05, 3.63) is 0 Å². The first-order valence-electron chi connectivity index (χ1n) is 4.23. The van der Waals surface area contributed by atoms with Crippen LogP contribution in [0.5, 0.6) is 0 Å². The summed E-state index contributed by atoms with van der Waals surface area (Å²) in [5, 5.41) is 0. The van der Waals surface area contributed by atoms with E-state index in [0.29, 0.717) is 13.0 Å². The van der Waals surface area contributed by atoms with Gasteiger partial charge in [-0.1, -0.05) is 0 Å². The van der Waals surface area contributed by atoms with Gasteiger partial charge < -0.3 is 10.6 Å². The fraction of sp³-hybridized carbons (Fsp3) is 0.556. The van der Waals surface area contributed by atoms with Crippen LogP contribution in [0.2, 0.25) is 0 Å². The van der Waals surface area contributed by atoms with E-state index in [1.807, 2.05) is 5.92 Å². The molecule has 0 bridgehead atoms. The molecule has 1 rings (SSSR count). The van der Waals surface area contributed by atoms with E-state index >= 15 is 0 Å². The van der Waals surface area contributed by atoms with Gasteiger partial charge in [-0.25, -0.2) is 0 Å². The molecule has 1 fully saturated rings. The number of terminal acetylenes is 1. The van der Waals surface area contributed by atoms with Crippen LogP contribution in [0.25, 0.3) is 0 Å². The SMILES string of the molecule is C#CC(=O)N1CCCCC1C(N)=O. The molecule has 13 heavy (non-hydrogen) atoms. The van der Waals surface area contributed by atoms with Crippen LogP contribution in [-0.2, 0) is 9.59 Å². The highest BCUT2D eigenvalue weighted by Crippen LogP contribution is 2.16. The summed E-state index contributed by atoms with van der Waals surface area (Å²) in [5.74, 6) is 1.09. The number of nitrogens with two attached hydrogens (primary N) is 1. The van der Waals surface area contributed by atoms with E-state index in [0.717, 1.165) is 12.8 Å². The second-order valence-corrected chi connectivity index (χ2v) is 3.06. The number of carbonyl (C=O) groups excluding carboxylic acids is 2. The molecule has 1 aliphatic heterocycles. The van der Waals surface area contributed by atoms with Crippen molar-refractivity contribution in [3.8, 4) is 12.3 Å². The molecule has 1 heterocycles. The quantitative estimate of drug-likeness (QED) is 0.552. The molecule has 1 saturated heterocycles. The van der Waals surface area contributed by atoms with Crippen LogP contribution < -0.4 is 5.73 Å². The first kappa shape index (κ1) is 9.59. The maximum Gasteiger partial charge on any atom is 0.298 e. The summed E-state index contributed by atoms with van der Waals surface area (Å²) in [7, 11) is 0. The number of piperidine rings is 1. The van der Waals surface area contributed by atoms with Crippen molar-refractivity contribution in [2.45, 2.75) is 25.3 Å². The standard InChI is InChI=1S/C9H12N2O2/c1-2-8(12)11-6-4-3-5-7(11)9(10)13/h1,7H,3-6H2,(H2,10,13). The van der Waals surface area contributed by atoms with Gasteiger partial charge in [0.15, 0.2) is 0 Å². The third-order valence-corrected chi connectivity index (χ3v) is 2.22. The molecular formula is C9H12N2O2. The Bertz CT molecular complexity index is 267. The number of hydrogen-bond acceptors (Lipinski definition) is 2. The number of primary amides is 1. The largest absolute Gasteiger partial charge is 0.368 e. The maximum absolute atomic E-state index is 11.2. The van der Waals surface area contributed by atoms with Gasteiger partial charge in [-0.05, 0) is 25.2 Å². The third-order valence-electron chi connectivity index (χ3n) is 2.22. The van der Waals surface area contributed by atoms with Crippen LogP contribution in [0.3, 0.4) is 0 Å². The molecule has 70 valence electrons. The first-order chi connectivity index (χ1) is 6.16. The first-order valence-corrected chi connectivity index (χ1v) is 4.23. The fourth-order valence-corrected chi connectivity index (χ4v) is 1.55. The molecule has 0 aromatic rings. The molecule has 1 atom stereocenters. The molecule has 0 aliphatic carbocycles. The minimum atomic E-state index is -0.503. The average molecular weight is 180 g/mol. The van der Waals surface area contributed by atoms with Gasteiger partial charge in [-0.3, -0.25) is 9.59 Å². The number of nitrogens with zero attached hydrogens (tertiary/aromatic N) is 1. The minimum absolute atomic E-state index is 0.441. The zero-order chi connectivity index (χ0) is 9.84. The lowest BCUT2D eigenvalue weighted by molar-refractivity contribution is -0.136. The van der Waals surface area contributed by atoms with Gasteiger partial charge in [-0.2, -0.15) is 0 Å². The van der Waals surface area contributed by atoms with Gasteiger partial charge in [0.2, 0.25) is 5.91 Å². The van der Waals surface area contributed by atoms with Crippen LogP contribution in [0.1, 0.15) is 19.3 Å². The predicted molar refractivity (Wildman–Crippen MR) is 47.4 cm³/mol. The second kappa shape index (κ2) is 3.94. The van der Waals surface area contributed by atoms with E-state index < -0.39 is 17.9 Å². The number of likely N-dealkylation sites (tertiary alicyclic amines) is 1. The van der Waals surface area contributed by atoms with Crippen LogP contribution in [-0.4, -0.2) is 29.3 Å². The lowest BCUT2D eigenvalue weighted by atomic mass is 10.0. The van der Waals surface area contributed by atoms with Gasteiger partial charge >= 0.3 is 0 Å². The molecule has 0 aromatic carbocycles. The van der Waals surface area contributed by atoms with E-state index in [-0.39, 0.29) is 0 Å². The smallest absolute Gasteiger partial charge is 0.298 e. The minimum Gasteiger partial charge on any atom is -0.368 e. The van der Waals surface area contributed by atoms with Gasteiger partial charge in [0.1, 0.15) is 6.04 Å². The lowest BCUT2D eigenvalue weighted by Crippen LogP contribution is -2.50. The maximum atomic E-state index is 11.2. The number of hydrogen-bond donors (Lipinski definition) is 1. The fourth-order valence-electron chi connectivity index (χ4n) is 1.55. The molecule has 0 aromatic heterocycles. The Morgan fingerprint density at radius 3 is 2.69 bits per heavy atom. The Labute approximate surface area is 77.1 Å². The van der Waals surface area contributed by atoms with E-state index in [2.05, 4.69) is 0 Å². The van der Waals surface area contributed by atoms with E-state index in [1.165, 1.54) is 4.90 Å². The highest BCUT2D eigenvalue weighted by molar-refractivity contribution is 5.96. The van der Waals surface area contributed by atoms with E-state index in [9.17, 15) is 9.59 Å². The molecule has 0 saturated carbocycles. The second-order valence-electron chi connectivity index (χ2n) is 3.06. The third kappa shape index (κ3) is 2.00. The van der Waals surface area contributed by atoms with E-state index in [1.54, 1.807) is 0 Å². The number of rotatable bonds is 1. The monoisotopic (exact) mass is 180 g/mol. The molecule has 1 aliphatic rings. The Hall–Kier alpha value is -1.50. The van der Waals surface area contributed by atoms with Crippen molar-refractivity contribution >= 4 is 11.8 Å². The molecule has 2 N–H and O–H groups in total. The highest BCUT2D eigenvalue weighted by Gasteiger charge is 2.29. The van der Waals surface area contributed by atoms with Gasteiger partial charge in [0, 0.05) is 6.54 Å². The van der Waals surface area contributed by atoms with Crippen LogP contribution in [0, 0.1) is 12.3 Å². The summed E-state index contributed by atoms with van der Waals surface area (Å²) in [6.07, 6.45) is 7.40. The summed E-state index contributed by atoms with van der Waals surface area (Å²) in [6.45, 7) is 0.538. The van der Waals surface area contributed by atoms with E-state index in [4.69, 9.17) is 12.2 Å². The van der Waals surface area contributed by atoms with Crippen molar-refractivity contribution in [2.24, 2.45) is 5.73 Å². The normalized spacial score (nSPS) is 22.1. The van der Waals surface area contributed by atoms with Crippen molar-refractivity contribution in [2.75, 3.05) is 6.54 Å². The number of carbonyl (C=O) groups is 2. The summed E-state index contributed by atoms with van der Waals surface area (Å²) in [5.41, 5.74) is 5.15. The Morgan fingerprint density at radius 2 is 2.15 bits per heavy atom. The molecule has 1 unspecified atom stereocenters. The topological polar surface area (TPSA) is 63.4 Å². The zero-order valence-electron chi connectivity index (χ0n) is 7.32. The van der Waals surface area contributed by atoms with Crippen LogP contribution >= 0.6 is 0 Å². The van der Waals surface area contributed by atoms with Crippen LogP contribution in [0.4, 0.5) is 0 Å². The number of amides is 2. The Kier molecular flexibility index (Phi) is 2.91. The predicted octanol–water partition coefficient (Wildman–Crippen LogP) is -0.514. The molecule has 4 heteroatoms. The Balaban J connectivity index is 2.74. The zero-order valence-corrected chi connectivity index (χ0v) is 7.32. The Morgan fingerprint density at radius 1 is 1.46 bits per heavy atom. The van der Waals surface area contributed by atoms with Crippen molar-refractivity contribution in [1.82, 2.24) is 4.90 Å². The highest BCUT2D eigenvalue weighted by atomic mass is 16.2. The van der Waals surface area contributed by atoms with Gasteiger partial charge in [-0.15, -0.1) is 6.42 Å². The summed E-state index contributed by atoms with van der Waals surface area (Å²) in [4.78, 5) is 23.5. The molecular weight excluding hydrogens is 168 g/mol. The molecule has 0 radical (unpaired) electrons. The van der Waals surface area contributed by atoms with Gasteiger partial charge in [0.05, 0.1) is 0 Å². The molecule has 4 nitrogen and oxygen atoms in total.